The van der Waals surface area contributed by atoms with Gasteiger partial charge < -0.3 is 5.11 Å². The molecule has 18 heavy (non-hydrogen) atoms. The number of hydrogen-bond donors (Lipinski definition) is 1. The minimum atomic E-state index is -0.865. The lowest BCUT2D eigenvalue weighted by Gasteiger charge is -2.09. The fraction of sp³-hybridized carbons (Fsp3) is 0.333. The van der Waals surface area contributed by atoms with Crippen molar-refractivity contribution in [2.75, 3.05) is 0 Å². The molecule has 1 aliphatic rings. The molecule has 0 saturated heterocycles. The van der Waals surface area contributed by atoms with E-state index in [1.807, 2.05) is 26.0 Å². The Morgan fingerprint density at radius 1 is 1.28 bits per heavy atom. The van der Waals surface area contributed by atoms with E-state index >= 15 is 0 Å². The van der Waals surface area contributed by atoms with Crippen molar-refractivity contribution in [1.29, 1.82) is 0 Å². The quantitative estimate of drug-likeness (QED) is 0.876. The molecular weight excluding hydrogens is 226 g/mol. The smallest absolute Gasteiger partial charge is 0.336 e. The molecular formula is C15H15NO2. The number of carboxylic acids is 1. The summed E-state index contributed by atoms with van der Waals surface area (Å²) in [6.45, 7) is 3.96. The molecule has 3 nitrogen and oxygen atoms in total. The fourth-order valence-corrected chi connectivity index (χ4v) is 2.53. The summed E-state index contributed by atoms with van der Waals surface area (Å²) in [6, 6.07) is 5.73. The van der Waals surface area contributed by atoms with Crippen molar-refractivity contribution in [3.05, 3.63) is 40.6 Å². The standard InChI is InChI=1S/C15H15NO2/c1-8-5-9(2)14-11(15(17)18)7-12(10-3-4-10)16-13(14)6-8/h5-7,10H,3-4H2,1-2H3,(H,17,18). The Morgan fingerprint density at radius 2 is 2.00 bits per heavy atom. The molecule has 1 aliphatic carbocycles. The van der Waals surface area contributed by atoms with E-state index in [4.69, 9.17) is 0 Å². The summed E-state index contributed by atoms with van der Waals surface area (Å²) >= 11 is 0. The second-order valence-corrected chi connectivity index (χ2v) is 5.15. The van der Waals surface area contributed by atoms with E-state index < -0.39 is 5.97 Å². The van der Waals surface area contributed by atoms with Gasteiger partial charge >= 0.3 is 5.97 Å². The zero-order valence-corrected chi connectivity index (χ0v) is 10.5. The van der Waals surface area contributed by atoms with Crippen LogP contribution < -0.4 is 0 Å². The molecule has 0 amide bonds. The molecule has 0 radical (unpaired) electrons. The zero-order chi connectivity index (χ0) is 12.9. The molecule has 3 rings (SSSR count). The number of benzene rings is 1. The largest absolute Gasteiger partial charge is 0.478 e. The number of hydrogen-bond acceptors (Lipinski definition) is 2. The number of aromatic carboxylic acids is 1. The van der Waals surface area contributed by atoms with Crippen LogP contribution in [0.2, 0.25) is 0 Å². The summed E-state index contributed by atoms with van der Waals surface area (Å²) in [5.74, 6) is -0.399. The van der Waals surface area contributed by atoms with Gasteiger partial charge in [0.2, 0.25) is 0 Å². The molecule has 1 fully saturated rings. The molecule has 3 heteroatoms. The minimum absolute atomic E-state index is 0.388. The zero-order valence-electron chi connectivity index (χ0n) is 10.5. The van der Waals surface area contributed by atoms with Crippen LogP contribution in [0.25, 0.3) is 10.9 Å². The average molecular weight is 241 g/mol. The Balaban J connectivity index is 2.37. The second kappa shape index (κ2) is 3.80. The predicted octanol–water partition coefficient (Wildman–Crippen LogP) is 3.43. The molecule has 1 heterocycles. The number of pyridine rings is 1. The molecule has 1 aromatic carbocycles. The van der Waals surface area contributed by atoms with Crippen molar-refractivity contribution in [3.63, 3.8) is 0 Å². The van der Waals surface area contributed by atoms with Crippen LogP contribution in [0.1, 0.15) is 45.9 Å². The molecule has 0 aliphatic heterocycles. The molecule has 0 bridgehead atoms. The number of carbonyl (C=O) groups is 1. The van der Waals surface area contributed by atoms with E-state index in [1.165, 1.54) is 0 Å². The fourth-order valence-electron chi connectivity index (χ4n) is 2.53. The highest BCUT2D eigenvalue weighted by molar-refractivity contribution is 6.04. The Morgan fingerprint density at radius 3 is 2.61 bits per heavy atom. The Bertz CT molecular complexity index is 657. The highest BCUT2D eigenvalue weighted by Gasteiger charge is 2.27. The molecule has 0 atom stereocenters. The van der Waals surface area contributed by atoms with Gasteiger partial charge in [-0.3, -0.25) is 4.98 Å². The van der Waals surface area contributed by atoms with Crippen molar-refractivity contribution in [3.8, 4) is 0 Å². The maximum absolute atomic E-state index is 11.4. The average Bonchev–Trinajstić information content (AvgIpc) is 3.10. The molecule has 1 N–H and O–H groups in total. The Hall–Kier alpha value is -1.90. The van der Waals surface area contributed by atoms with Crippen LogP contribution in [0.4, 0.5) is 0 Å². The van der Waals surface area contributed by atoms with E-state index in [2.05, 4.69) is 4.98 Å². The van der Waals surface area contributed by atoms with Crippen LogP contribution in [0.5, 0.6) is 0 Å². The van der Waals surface area contributed by atoms with Gasteiger partial charge in [0.05, 0.1) is 11.1 Å². The van der Waals surface area contributed by atoms with Gasteiger partial charge in [-0.25, -0.2) is 4.79 Å². The first-order valence-electron chi connectivity index (χ1n) is 6.21. The predicted molar refractivity (Wildman–Crippen MR) is 70.2 cm³/mol. The first-order valence-corrected chi connectivity index (χ1v) is 6.21. The maximum atomic E-state index is 11.4. The summed E-state index contributed by atoms with van der Waals surface area (Å²) in [6.07, 6.45) is 2.25. The first kappa shape index (κ1) is 11.2. The SMILES string of the molecule is Cc1cc(C)c2c(C(=O)O)cc(C3CC3)nc2c1. The van der Waals surface area contributed by atoms with E-state index in [9.17, 15) is 9.90 Å². The van der Waals surface area contributed by atoms with Crippen LogP contribution in [-0.2, 0) is 0 Å². The second-order valence-electron chi connectivity index (χ2n) is 5.15. The monoisotopic (exact) mass is 241 g/mol. The van der Waals surface area contributed by atoms with Crippen LogP contribution in [0.3, 0.4) is 0 Å². The van der Waals surface area contributed by atoms with Gasteiger partial charge in [-0.15, -0.1) is 0 Å². The summed E-state index contributed by atoms with van der Waals surface area (Å²) in [5, 5.41) is 10.2. The number of fused-ring (bicyclic) bond motifs is 1. The van der Waals surface area contributed by atoms with Crippen molar-refractivity contribution in [1.82, 2.24) is 4.98 Å². The molecule has 0 spiro atoms. The van der Waals surface area contributed by atoms with Gasteiger partial charge in [0.1, 0.15) is 0 Å². The van der Waals surface area contributed by atoms with Gasteiger partial charge in [-0.05, 0) is 49.9 Å². The molecule has 1 aromatic heterocycles. The van der Waals surface area contributed by atoms with Gasteiger partial charge in [0.25, 0.3) is 0 Å². The highest BCUT2D eigenvalue weighted by atomic mass is 16.4. The molecule has 2 aromatic rings. The lowest BCUT2D eigenvalue weighted by Crippen LogP contribution is -2.03. The van der Waals surface area contributed by atoms with Crippen molar-refractivity contribution in [2.24, 2.45) is 0 Å². The lowest BCUT2D eigenvalue weighted by atomic mass is 10.00. The third-order valence-electron chi connectivity index (χ3n) is 3.50. The lowest BCUT2D eigenvalue weighted by molar-refractivity contribution is 0.0699. The molecule has 92 valence electrons. The van der Waals surface area contributed by atoms with Crippen LogP contribution in [0.15, 0.2) is 18.2 Å². The number of rotatable bonds is 2. The van der Waals surface area contributed by atoms with Crippen LogP contribution >= 0.6 is 0 Å². The Labute approximate surface area is 105 Å². The summed E-state index contributed by atoms with van der Waals surface area (Å²) in [5.41, 5.74) is 4.24. The van der Waals surface area contributed by atoms with Crippen molar-refractivity contribution in [2.45, 2.75) is 32.6 Å². The number of nitrogens with zero attached hydrogens (tertiary/aromatic N) is 1. The summed E-state index contributed by atoms with van der Waals surface area (Å²) < 4.78 is 0. The number of carboxylic acid groups (broad SMARTS) is 1. The van der Waals surface area contributed by atoms with Crippen LogP contribution in [-0.4, -0.2) is 16.1 Å². The van der Waals surface area contributed by atoms with E-state index in [-0.39, 0.29) is 0 Å². The third-order valence-corrected chi connectivity index (χ3v) is 3.50. The normalized spacial score (nSPS) is 15.0. The van der Waals surface area contributed by atoms with Gasteiger partial charge in [-0.1, -0.05) is 6.07 Å². The van der Waals surface area contributed by atoms with Crippen LogP contribution in [0, 0.1) is 13.8 Å². The third kappa shape index (κ3) is 1.76. The highest BCUT2D eigenvalue weighted by Crippen LogP contribution is 2.40. The topological polar surface area (TPSA) is 50.2 Å². The summed E-state index contributed by atoms with van der Waals surface area (Å²) in [7, 11) is 0. The Kier molecular flexibility index (Phi) is 2.37. The molecule has 1 saturated carbocycles. The van der Waals surface area contributed by atoms with E-state index in [0.29, 0.717) is 11.5 Å². The molecule has 0 unspecified atom stereocenters. The van der Waals surface area contributed by atoms with Gasteiger partial charge in [-0.2, -0.15) is 0 Å². The van der Waals surface area contributed by atoms with Gasteiger partial charge in [0, 0.05) is 17.0 Å². The minimum Gasteiger partial charge on any atom is -0.478 e. The maximum Gasteiger partial charge on any atom is 0.336 e. The number of aromatic nitrogens is 1. The van der Waals surface area contributed by atoms with E-state index in [0.717, 1.165) is 40.6 Å². The van der Waals surface area contributed by atoms with Gasteiger partial charge in [0.15, 0.2) is 0 Å². The number of aryl methyl sites for hydroxylation is 2. The van der Waals surface area contributed by atoms with Crippen molar-refractivity contribution >= 4 is 16.9 Å². The summed E-state index contributed by atoms with van der Waals surface area (Å²) in [4.78, 5) is 16.1. The first-order chi connectivity index (χ1) is 8.56. The van der Waals surface area contributed by atoms with Crippen molar-refractivity contribution < 1.29 is 9.90 Å². The van der Waals surface area contributed by atoms with E-state index in [1.54, 1.807) is 6.07 Å².